The van der Waals surface area contributed by atoms with E-state index in [1.807, 2.05) is 60.3 Å². The number of carbonyl (C=O) groups excluding carboxylic acids is 2. The Labute approximate surface area is 221 Å². The number of rotatable bonds is 3. The molecule has 1 saturated heterocycles. The lowest BCUT2D eigenvalue weighted by Gasteiger charge is -2.38. The van der Waals surface area contributed by atoms with E-state index in [2.05, 4.69) is 17.5 Å². The average molecular weight is 512 g/mol. The number of likely N-dealkylation sites (N-methyl/N-ethyl adjacent to an activating group) is 1. The van der Waals surface area contributed by atoms with Gasteiger partial charge in [0.2, 0.25) is 11.8 Å². The highest BCUT2D eigenvalue weighted by Crippen LogP contribution is 2.46. The first-order chi connectivity index (χ1) is 18.3. The number of halogens is 1. The van der Waals surface area contributed by atoms with E-state index in [1.165, 1.54) is 12.1 Å². The van der Waals surface area contributed by atoms with E-state index in [1.54, 1.807) is 6.07 Å². The predicted molar refractivity (Wildman–Crippen MR) is 145 cm³/mol. The molecule has 3 aromatic carbocycles. The number of benzene rings is 3. The van der Waals surface area contributed by atoms with Gasteiger partial charge < -0.3 is 19.9 Å². The van der Waals surface area contributed by atoms with Crippen molar-refractivity contribution in [1.82, 2.24) is 9.80 Å². The zero-order valence-electron chi connectivity index (χ0n) is 21.6. The van der Waals surface area contributed by atoms with E-state index in [-0.39, 0.29) is 17.6 Å². The molecule has 0 aliphatic carbocycles. The summed E-state index contributed by atoms with van der Waals surface area (Å²) in [7, 11) is 3.77. The van der Waals surface area contributed by atoms with Crippen LogP contribution in [0.3, 0.4) is 0 Å². The third kappa shape index (κ3) is 4.17. The van der Waals surface area contributed by atoms with Crippen LogP contribution in [0.1, 0.15) is 40.7 Å². The van der Waals surface area contributed by atoms with E-state index in [0.717, 1.165) is 39.1 Å². The molecule has 0 bridgehead atoms. The number of hydrogen-bond donors (Lipinski definition) is 1. The summed E-state index contributed by atoms with van der Waals surface area (Å²) in [5, 5.41) is 3.12. The minimum atomic E-state index is -0.608. The second-order valence-corrected chi connectivity index (χ2v) is 10.6. The van der Waals surface area contributed by atoms with Gasteiger partial charge in [-0.3, -0.25) is 9.59 Å². The van der Waals surface area contributed by atoms with Gasteiger partial charge in [-0.05, 0) is 79.0 Å². The van der Waals surface area contributed by atoms with Gasteiger partial charge in [-0.2, -0.15) is 0 Å². The maximum absolute atomic E-state index is 14.0. The number of carbonyl (C=O) groups is 2. The van der Waals surface area contributed by atoms with Crippen LogP contribution < -0.4 is 10.1 Å². The first kappa shape index (κ1) is 24.4. The highest BCUT2D eigenvalue weighted by atomic mass is 19.1. The number of hydrogen-bond acceptors (Lipinski definition) is 4. The Morgan fingerprint density at radius 2 is 1.87 bits per heavy atom. The predicted octanol–water partition coefficient (Wildman–Crippen LogP) is 4.68. The summed E-state index contributed by atoms with van der Waals surface area (Å²) in [6.45, 7) is 1.86. The molecule has 0 unspecified atom stereocenters. The van der Waals surface area contributed by atoms with Crippen LogP contribution in [0.15, 0.2) is 60.7 Å². The fourth-order valence-electron chi connectivity index (χ4n) is 5.91. The van der Waals surface area contributed by atoms with Gasteiger partial charge >= 0.3 is 0 Å². The molecular formula is C31H30FN3O3. The molecule has 38 heavy (non-hydrogen) atoms. The lowest BCUT2D eigenvalue weighted by atomic mass is 9.73. The summed E-state index contributed by atoms with van der Waals surface area (Å²) in [6.07, 6.45) is 3.29. The van der Waals surface area contributed by atoms with Crippen LogP contribution >= 0.6 is 0 Å². The van der Waals surface area contributed by atoms with Crippen LogP contribution in [0, 0.1) is 5.82 Å². The summed E-state index contributed by atoms with van der Waals surface area (Å²) >= 11 is 0. The van der Waals surface area contributed by atoms with Crippen molar-refractivity contribution >= 4 is 29.2 Å². The molecule has 2 amide bonds. The summed E-state index contributed by atoms with van der Waals surface area (Å²) in [5.41, 5.74) is 5.97. The number of fused-ring (bicyclic) bond motifs is 4. The van der Waals surface area contributed by atoms with Crippen LogP contribution in [-0.4, -0.2) is 55.3 Å². The molecule has 0 radical (unpaired) electrons. The van der Waals surface area contributed by atoms with E-state index in [0.29, 0.717) is 44.8 Å². The number of nitrogens with one attached hydrogen (secondary N) is 1. The lowest BCUT2D eigenvalue weighted by Crippen LogP contribution is -2.49. The van der Waals surface area contributed by atoms with Gasteiger partial charge in [0, 0.05) is 30.4 Å². The monoisotopic (exact) mass is 511 g/mol. The first-order valence-electron chi connectivity index (χ1n) is 13.0. The molecule has 1 N–H and O–H groups in total. The Morgan fingerprint density at radius 1 is 1.08 bits per heavy atom. The third-order valence-corrected chi connectivity index (χ3v) is 7.90. The fourth-order valence-corrected chi connectivity index (χ4v) is 5.91. The van der Waals surface area contributed by atoms with Crippen molar-refractivity contribution in [2.75, 3.05) is 39.0 Å². The van der Waals surface area contributed by atoms with Gasteiger partial charge in [0.15, 0.2) is 0 Å². The molecule has 3 aliphatic heterocycles. The molecule has 0 aromatic heterocycles. The number of anilines is 1. The molecule has 1 fully saturated rings. The second kappa shape index (κ2) is 9.40. The van der Waals surface area contributed by atoms with E-state index >= 15 is 0 Å². The maximum atomic E-state index is 14.0. The third-order valence-electron chi connectivity index (χ3n) is 7.90. The standard InChI is InChI=1S/C31H30FN3O3/c1-34(2)18-29(36)35-13-11-31(12-14-35)26-10-7-20(16-27(26)33-30(31)37)15-25-23-6-4-3-5-21(23)19-38-28-17-22(32)8-9-24(25)28/h3-10,15-17H,11-14,18-19H2,1-2H3,(H,33,37)/b25-15+. The van der Waals surface area contributed by atoms with Gasteiger partial charge in [-0.25, -0.2) is 4.39 Å². The van der Waals surface area contributed by atoms with Crippen molar-refractivity contribution < 1.29 is 18.7 Å². The summed E-state index contributed by atoms with van der Waals surface area (Å²) in [5.74, 6) is 0.273. The molecule has 0 saturated carbocycles. The average Bonchev–Trinajstić information content (AvgIpc) is 3.06. The van der Waals surface area contributed by atoms with Crippen molar-refractivity contribution in [2.45, 2.75) is 24.9 Å². The molecule has 3 heterocycles. The zero-order chi connectivity index (χ0) is 26.4. The first-order valence-corrected chi connectivity index (χ1v) is 13.0. The van der Waals surface area contributed by atoms with Crippen LogP contribution in [-0.2, 0) is 21.6 Å². The fraction of sp³-hybridized carbons (Fsp3) is 0.290. The van der Waals surface area contributed by atoms with Gasteiger partial charge in [0.25, 0.3) is 0 Å². The number of likely N-dealkylation sites (tertiary alicyclic amines) is 1. The molecule has 0 atom stereocenters. The highest BCUT2D eigenvalue weighted by molar-refractivity contribution is 6.07. The van der Waals surface area contributed by atoms with Gasteiger partial charge in [0.1, 0.15) is 18.2 Å². The summed E-state index contributed by atoms with van der Waals surface area (Å²) in [4.78, 5) is 29.5. The topological polar surface area (TPSA) is 61.9 Å². The second-order valence-electron chi connectivity index (χ2n) is 10.6. The highest BCUT2D eigenvalue weighted by Gasteiger charge is 2.48. The van der Waals surface area contributed by atoms with Gasteiger partial charge in [-0.1, -0.05) is 36.4 Å². The molecular weight excluding hydrogens is 481 g/mol. The molecule has 3 aromatic rings. The molecule has 194 valence electrons. The molecule has 3 aliphatic rings. The zero-order valence-corrected chi connectivity index (χ0v) is 21.6. The number of ether oxygens (including phenoxy) is 1. The lowest BCUT2D eigenvalue weighted by molar-refractivity contribution is -0.135. The van der Waals surface area contributed by atoms with E-state index in [4.69, 9.17) is 4.74 Å². The Hall–Kier alpha value is -3.97. The minimum Gasteiger partial charge on any atom is -0.488 e. The van der Waals surface area contributed by atoms with E-state index < -0.39 is 5.41 Å². The van der Waals surface area contributed by atoms with Crippen LogP contribution in [0.2, 0.25) is 0 Å². The number of nitrogens with zero attached hydrogens (tertiary/aromatic N) is 2. The van der Waals surface area contributed by atoms with Crippen molar-refractivity contribution in [3.05, 3.63) is 94.3 Å². The molecule has 7 heteroatoms. The number of amides is 2. The quantitative estimate of drug-likeness (QED) is 0.555. The Kier molecular flexibility index (Phi) is 6.03. The molecule has 1 spiro atoms. The molecule has 6 nitrogen and oxygen atoms in total. The normalized spacial score (nSPS) is 18.5. The SMILES string of the molecule is CN(C)CC(=O)N1CCC2(CC1)C(=O)Nc1cc(/C=C3\c4ccccc4COc4cc(F)ccc43)ccc12. The van der Waals surface area contributed by atoms with Crippen molar-refractivity contribution in [2.24, 2.45) is 0 Å². The summed E-state index contributed by atoms with van der Waals surface area (Å²) < 4.78 is 20.0. The van der Waals surface area contributed by atoms with Crippen LogP contribution in [0.4, 0.5) is 10.1 Å². The Morgan fingerprint density at radius 3 is 2.66 bits per heavy atom. The van der Waals surface area contributed by atoms with Crippen LogP contribution in [0.5, 0.6) is 5.75 Å². The smallest absolute Gasteiger partial charge is 0.236 e. The minimum absolute atomic E-state index is 0.00560. The molecule has 6 rings (SSSR count). The number of piperidine rings is 1. The van der Waals surface area contributed by atoms with Crippen molar-refractivity contribution in [3.8, 4) is 5.75 Å². The summed E-state index contributed by atoms with van der Waals surface area (Å²) in [6, 6.07) is 18.8. The Bertz CT molecular complexity index is 1470. The van der Waals surface area contributed by atoms with Gasteiger partial charge in [-0.15, -0.1) is 0 Å². The largest absolute Gasteiger partial charge is 0.488 e. The van der Waals surface area contributed by atoms with E-state index in [9.17, 15) is 14.0 Å². The van der Waals surface area contributed by atoms with Gasteiger partial charge in [0.05, 0.1) is 12.0 Å². The van der Waals surface area contributed by atoms with Crippen molar-refractivity contribution in [3.63, 3.8) is 0 Å². The Balaban J connectivity index is 1.34. The maximum Gasteiger partial charge on any atom is 0.236 e. The van der Waals surface area contributed by atoms with Crippen molar-refractivity contribution in [1.29, 1.82) is 0 Å². The van der Waals surface area contributed by atoms with Crippen LogP contribution in [0.25, 0.3) is 11.6 Å².